The maximum atomic E-state index is 13.3. The highest BCUT2D eigenvalue weighted by molar-refractivity contribution is 7.99. The second-order valence-corrected chi connectivity index (χ2v) is 8.50. The van der Waals surface area contributed by atoms with E-state index in [-0.39, 0.29) is 17.6 Å². The number of anilines is 1. The van der Waals surface area contributed by atoms with Crippen molar-refractivity contribution >= 4 is 23.4 Å². The summed E-state index contributed by atoms with van der Waals surface area (Å²) >= 11 is 1.44. The molecule has 0 saturated carbocycles. The van der Waals surface area contributed by atoms with Gasteiger partial charge in [0.2, 0.25) is 23.2 Å². The van der Waals surface area contributed by atoms with Gasteiger partial charge in [-0.2, -0.15) is 4.98 Å². The van der Waals surface area contributed by atoms with E-state index < -0.39 is 6.23 Å². The zero-order valence-electron chi connectivity index (χ0n) is 17.9. The number of ether oxygens (including phenoxy) is 1. The lowest BCUT2D eigenvalue weighted by Crippen LogP contribution is -2.35. The average molecular weight is 463 g/mol. The molecule has 4 aromatic rings. The van der Waals surface area contributed by atoms with E-state index in [0.717, 1.165) is 5.75 Å². The fourth-order valence-corrected chi connectivity index (χ4v) is 4.19. The van der Waals surface area contributed by atoms with E-state index in [1.165, 1.54) is 35.7 Å². The summed E-state index contributed by atoms with van der Waals surface area (Å²) in [6.45, 7) is 3.46. The second-order valence-electron chi connectivity index (χ2n) is 7.27. The molecule has 1 aliphatic rings. The van der Waals surface area contributed by atoms with Crippen molar-refractivity contribution < 1.29 is 18.3 Å². The molecule has 0 N–H and O–H groups in total. The molecular weight excluding hydrogens is 443 g/mol. The molecule has 1 aliphatic heterocycles. The van der Waals surface area contributed by atoms with Gasteiger partial charge in [0.15, 0.2) is 11.5 Å². The Hall–Kier alpha value is -3.72. The quantitative estimate of drug-likeness (QED) is 0.371. The van der Waals surface area contributed by atoms with Gasteiger partial charge < -0.3 is 9.15 Å². The first kappa shape index (κ1) is 21.1. The summed E-state index contributed by atoms with van der Waals surface area (Å²) in [5, 5.41) is 9.05. The maximum absolute atomic E-state index is 13.3. The van der Waals surface area contributed by atoms with E-state index in [1.807, 2.05) is 31.2 Å². The average Bonchev–Trinajstić information content (AvgIpc) is 3.24. The van der Waals surface area contributed by atoms with Crippen LogP contribution in [0.25, 0.3) is 22.6 Å². The van der Waals surface area contributed by atoms with Crippen LogP contribution in [0.3, 0.4) is 0 Å². The topological polar surface area (TPSA) is 81.3 Å². The molecule has 1 unspecified atom stereocenters. The predicted molar refractivity (Wildman–Crippen MR) is 122 cm³/mol. The Bertz CT molecular complexity index is 1330. The van der Waals surface area contributed by atoms with Gasteiger partial charge in [-0.25, -0.2) is 4.39 Å². The lowest BCUT2D eigenvalue weighted by atomic mass is 10.1. The van der Waals surface area contributed by atoms with Crippen LogP contribution in [0.4, 0.5) is 10.1 Å². The molecule has 1 atom stereocenters. The molecule has 0 bridgehead atoms. The zero-order chi connectivity index (χ0) is 22.9. The monoisotopic (exact) mass is 462 g/mol. The zero-order valence-corrected chi connectivity index (χ0v) is 18.7. The van der Waals surface area contributed by atoms with Crippen LogP contribution in [0.2, 0.25) is 0 Å². The van der Waals surface area contributed by atoms with Crippen LogP contribution < -0.4 is 9.64 Å². The van der Waals surface area contributed by atoms with Crippen molar-refractivity contribution in [1.82, 2.24) is 15.2 Å². The molecule has 166 valence electrons. The van der Waals surface area contributed by atoms with Crippen molar-refractivity contribution in [2.45, 2.75) is 25.2 Å². The summed E-state index contributed by atoms with van der Waals surface area (Å²) in [6, 6.07) is 16.9. The Morgan fingerprint density at radius 2 is 1.88 bits per heavy atom. The fraction of sp³-hybridized carbons (Fsp3) is 0.167. The molecule has 9 heteroatoms. The maximum Gasteiger partial charge on any atom is 0.247 e. The van der Waals surface area contributed by atoms with Crippen molar-refractivity contribution in [3.63, 3.8) is 0 Å². The third-order valence-electron chi connectivity index (χ3n) is 5.12. The minimum atomic E-state index is -0.921. The van der Waals surface area contributed by atoms with Crippen LogP contribution >= 0.6 is 11.8 Å². The fourth-order valence-electron chi connectivity index (χ4n) is 3.68. The third kappa shape index (κ3) is 3.95. The van der Waals surface area contributed by atoms with Gasteiger partial charge in [-0.05, 0) is 48.2 Å². The molecule has 0 radical (unpaired) electrons. The second kappa shape index (κ2) is 8.67. The highest BCUT2D eigenvalue weighted by atomic mass is 32.2. The van der Waals surface area contributed by atoms with Gasteiger partial charge in [-0.15, -0.1) is 10.2 Å². The van der Waals surface area contributed by atoms with Crippen molar-refractivity contribution in [2.75, 3.05) is 10.7 Å². The van der Waals surface area contributed by atoms with Crippen LogP contribution in [0.15, 0.2) is 70.2 Å². The molecule has 33 heavy (non-hydrogen) atoms. The van der Waals surface area contributed by atoms with Crippen molar-refractivity contribution in [3.8, 4) is 28.5 Å². The Labute approximate surface area is 193 Å². The highest BCUT2D eigenvalue weighted by Crippen LogP contribution is 2.44. The van der Waals surface area contributed by atoms with Crippen LogP contribution in [0.5, 0.6) is 5.88 Å². The SMILES string of the molecule is CCSc1nnc2c(n1)OC(c1ccc(-c3ccc(F)cc3)o1)N(C(C)=O)c1ccccc1-2. The smallest absolute Gasteiger partial charge is 0.247 e. The number of para-hydroxylation sites is 1. The van der Waals surface area contributed by atoms with Gasteiger partial charge >= 0.3 is 0 Å². The summed E-state index contributed by atoms with van der Waals surface area (Å²) in [7, 11) is 0. The Balaban J connectivity index is 1.64. The molecule has 0 fully saturated rings. The molecular formula is C24H19FN4O3S. The first-order chi connectivity index (χ1) is 16.0. The van der Waals surface area contributed by atoms with Gasteiger partial charge in [0.1, 0.15) is 11.6 Å². The number of halogens is 1. The molecule has 7 nitrogen and oxygen atoms in total. The summed E-state index contributed by atoms with van der Waals surface area (Å²) in [5.41, 5.74) is 2.45. The van der Waals surface area contributed by atoms with Crippen LogP contribution in [0, 0.1) is 5.82 Å². The molecule has 5 rings (SSSR count). The molecule has 0 saturated heterocycles. The van der Waals surface area contributed by atoms with E-state index in [2.05, 4.69) is 15.2 Å². The number of carbonyl (C=O) groups excluding carboxylic acids is 1. The lowest BCUT2D eigenvalue weighted by Gasteiger charge is -2.28. The Morgan fingerprint density at radius 3 is 2.64 bits per heavy atom. The van der Waals surface area contributed by atoms with E-state index in [1.54, 1.807) is 24.3 Å². The molecule has 1 amide bonds. The number of amides is 1. The summed E-state index contributed by atoms with van der Waals surface area (Å²) in [4.78, 5) is 18.9. The summed E-state index contributed by atoms with van der Waals surface area (Å²) < 4.78 is 25.7. The normalized spacial score (nSPS) is 14.8. The minimum Gasteiger partial charge on any atom is -0.455 e. The van der Waals surface area contributed by atoms with Crippen molar-refractivity contribution in [2.24, 2.45) is 0 Å². The molecule has 3 heterocycles. The molecule has 0 aliphatic carbocycles. The minimum absolute atomic E-state index is 0.240. The van der Waals surface area contributed by atoms with Gasteiger partial charge in [-0.1, -0.05) is 36.9 Å². The number of carbonyl (C=O) groups is 1. The number of furan rings is 1. The van der Waals surface area contributed by atoms with E-state index in [4.69, 9.17) is 9.15 Å². The number of aromatic nitrogens is 3. The summed E-state index contributed by atoms with van der Waals surface area (Å²) in [5.74, 6) is 1.40. The third-order valence-corrected chi connectivity index (χ3v) is 5.84. The van der Waals surface area contributed by atoms with Crippen LogP contribution in [-0.2, 0) is 4.79 Å². The number of hydrogen-bond donors (Lipinski definition) is 0. The van der Waals surface area contributed by atoms with Crippen LogP contribution in [0.1, 0.15) is 25.8 Å². The summed E-state index contributed by atoms with van der Waals surface area (Å²) in [6.07, 6.45) is -0.921. The largest absolute Gasteiger partial charge is 0.455 e. The standard InChI is InChI=1S/C24H19FN4O3S/c1-3-33-24-26-22-21(27-28-24)17-6-4-5-7-18(17)29(14(2)30)23(32-22)20-13-12-19(31-20)15-8-10-16(25)11-9-15/h4-13,23H,3H2,1-2H3. The number of nitrogens with zero attached hydrogens (tertiary/aromatic N) is 4. The number of benzene rings is 2. The number of fused-ring (bicyclic) bond motifs is 3. The number of thioether (sulfide) groups is 1. The van der Waals surface area contributed by atoms with E-state index >= 15 is 0 Å². The van der Waals surface area contributed by atoms with Crippen LogP contribution in [-0.4, -0.2) is 26.8 Å². The predicted octanol–water partition coefficient (Wildman–Crippen LogP) is 5.49. The first-order valence-corrected chi connectivity index (χ1v) is 11.3. The Morgan fingerprint density at radius 1 is 1.09 bits per heavy atom. The van der Waals surface area contributed by atoms with Gasteiger partial charge in [0.25, 0.3) is 0 Å². The van der Waals surface area contributed by atoms with Crippen molar-refractivity contribution in [1.29, 1.82) is 0 Å². The Kier molecular flexibility index (Phi) is 5.55. The molecule has 2 aromatic carbocycles. The first-order valence-electron chi connectivity index (χ1n) is 10.3. The van der Waals surface area contributed by atoms with Gasteiger partial charge in [0, 0.05) is 18.1 Å². The number of hydrogen-bond acceptors (Lipinski definition) is 7. The highest BCUT2D eigenvalue weighted by Gasteiger charge is 2.36. The molecule has 0 spiro atoms. The van der Waals surface area contributed by atoms with Gasteiger partial charge in [0.05, 0.1) is 5.69 Å². The van der Waals surface area contributed by atoms with E-state index in [0.29, 0.717) is 39.2 Å². The molecule has 2 aromatic heterocycles. The number of rotatable bonds is 4. The van der Waals surface area contributed by atoms with Gasteiger partial charge in [-0.3, -0.25) is 9.69 Å². The lowest BCUT2D eigenvalue weighted by molar-refractivity contribution is -0.118. The van der Waals surface area contributed by atoms with Crippen molar-refractivity contribution in [3.05, 3.63) is 72.2 Å². The van der Waals surface area contributed by atoms with E-state index in [9.17, 15) is 9.18 Å².